The van der Waals surface area contributed by atoms with Crippen LogP contribution in [0.2, 0.25) is 0 Å². The van der Waals surface area contributed by atoms with E-state index in [1.807, 2.05) is 19.1 Å². The van der Waals surface area contributed by atoms with Crippen molar-refractivity contribution in [2.45, 2.75) is 38.7 Å². The van der Waals surface area contributed by atoms with Crippen molar-refractivity contribution >= 4 is 5.78 Å². The summed E-state index contributed by atoms with van der Waals surface area (Å²) < 4.78 is 5.54. The molecule has 2 aliphatic rings. The van der Waals surface area contributed by atoms with Crippen molar-refractivity contribution in [1.82, 2.24) is 5.32 Å². The zero-order valence-electron chi connectivity index (χ0n) is 11.4. The Morgan fingerprint density at radius 1 is 1.53 bits per heavy atom. The minimum atomic E-state index is 0.0290. The molecule has 0 aliphatic heterocycles. The minimum absolute atomic E-state index is 0.0290. The highest BCUT2D eigenvalue weighted by molar-refractivity contribution is 5.79. The van der Waals surface area contributed by atoms with Crippen LogP contribution in [0.4, 0.5) is 0 Å². The third kappa shape index (κ3) is 4.52. The Hall–Kier alpha value is -1.61. The number of Topliss-reactive ketones (excluding diaryl/α,β-unsaturated/α-hetero) is 1. The summed E-state index contributed by atoms with van der Waals surface area (Å²) in [6, 6.07) is 0. The number of carbonyl (C=O) groups excluding carboxylic acids is 1. The van der Waals surface area contributed by atoms with Crippen LogP contribution < -0.4 is 5.32 Å². The summed E-state index contributed by atoms with van der Waals surface area (Å²) in [4.78, 5) is 11.2. The van der Waals surface area contributed by atoms with Gasteiger partial charge < -0.3 is 10.1 Å². The molecule has 19 heavy (non-hydrogen) atoms. The van der Waals surface area contributed by atoms with Gasteiger partial charge in [0.2, 0.25) is 0 Å². The molecule has 0 aromatic rings. The molecule has 2 rings (SSSR count). The van der Waals surface area contributed by atoms with Crippen molar-refractivity contribution in [1.29, 1.82) is 0 Å². The lowest BCUT2D eigenvalue weighted by atomic mass is 10.1. The monoisotopic (exact) mass is 259 g/mol. The highest BCUT2D eigenvalue weighted by Gasteiger charge is 2.11. The largest absolute Gasteiger partial charge is 0.366 e. The highest BCUT2D eigenvalue weighted by Crippen LogP contribution is 2.16. The zero-order chi connectivity index (χ0) is 13.5. The van der Waals surface area contributed by atoms with Crippen LogP contribution >= 0.6 is 0 Å². The molecule has 0 saturated heterocycles. The lowest BCUT2D eigenvalue weighted by Gasteiger charge is -2.19. The molecule has 0 heterocycles. The van der Waals surface area contributed by atoms with Crippen molar-refractivity contribution in [3.8, 4) is 0 Å². The smallest absolute Gasteiger partial charge is 0.158 e. The molecule has 0 aromatic heterocycles. The molecule has 3 heteroatoms. The molecular weight excluding hydrogens is 238 g/mol. The fourth-order valence-electron chi connectivity index (χ4n) is 2.01. The number of hydrogen-bond donors (Lipinski definition) is 1. The first-order chi connectivity index (χ1) is 9.28. The molecule has 3 nitrogen and oxygen atoms in total. The van der Waals surface area contributed by atoms with Crippen molar-refractivity contribution in [2.24, 2.45) is 0 Å². The summed E-state index contributed by atoms with van der Waals surface area (Å²) in [5.74, 6) is 0.153. The molecule has 0 fully saturated rings. The molecule has 0 amide bonds. The Labute approximate surface area is 114 Å². The molecule has 0 radical (unpaired) electrons. The second-order valence-electron chi connectivity index (χ2n) is 4.78. The second kappa shape index (κ2) is 7.10. The Morgan fingerprint density at radius 2 is 2.42 bits per heavy atom. The van der Waals surface area contributed by atoms with Crippen LogP contribution in [0.5, 0.6) is 0 Å². The van der Waals surface area contributed by atoms with E-state index in [0.717, 1.165) is 25.0 Å². The lowest BCUT2D eigenvalue weighted by molar-refractivity contribution is -0.124. The van der Waals surface area contributed by atoms with E-state index in [0.29, 0.717) is 6.42 Å². The third-order valence-corrected chi connectivity index (χ3v) is 3.23. The predicted molar refractivity (Wildman–Crippen MR) is 76.5 cm³/mol. The fraction of sp³-hybridized carbons (Fsp3) is 0.438. The highest BCUT2D eigenvalue weighted by atomic mass is 16.5. The molecule has 102 valence electrons. The fourth-order valence-corrected chi connectivity index (χ4v) is 2.01. The van der Waals surface area contributed by atoms with Gasteiger partial charge >= 0.3 is 0 Å². The number of allylic oxidation sites excluding steroid dienone is 5. The topological polar surface area (TPSA) is 38.3 Å². The molecule has 0 bridgehead atoms. The Kier molecular flexibility index (Phi) is 5.16. The van der Waals surface area contributed by atoms with E-state index < -0.39 is 0 Å². The third-order valence-electron chi connectivity index (χ3n) is 3.23. The van der Waals surface area contributed by atoms with Gasteiger partial charge in [0, 0.05) is 17.8 Å². The number of ether oxygens (including phenoxy) is 1. The van der Waals surface area contributed by atoms with Gasteiger partial charge in [-0.05, 0) is 31.4 Å². The van der Waals surface area contributed by atoms with Crippen LogP contribution in [-0.2, 0) is 9.53 Å². The first kappa shape index (κ1) is 13.8. The van der Waals surface area contributed by atoms with Crippen LogP contribution in [0.15, 0.2) is 47.9 Å². The van der Waals surface area contributed by atoms with Gasteiger partial charge in [-0.3, -0.25) is 4.79 Å². The van der Waals surface area contributed by atoms with Crippen LogP contribution in [0.25, 0.3) is 0 Å². The summed E-state index contributed by atoms with van der Waals surface area (Å²) >= 11 is 0. The van der Waals surface area contributed by atoms with E-state index in [1.54, 1.807) is 0 Å². The number of hydrogen-bond acceptors (Lipinski definition) is 3. The molecule has 0 spiro atoms. The maximum Gasteiger partial charge on any atom is 0.158 e. The first-order valence-corrected chi connectivity index (χ1v) is 6.92. The van der Waals surface area contributed by atoms with Gasteiger partial charge in [-0.15, -0.1) is 0 Å². The summed E-state index contributed by atoms with van der Waals surface area (Å²) in [5.41, 5.74) is 2.36. The van der Waals surface area contributed by atoms with Crippen molar-refractivity contribution in [3.63, 3.8) is 0 Å². The zero-order valence-corrected chi connectivity index (χ0v) is 11.4. The van der Waals surface area contributed by atoms with E-state index in [9.17, 15) is 4.79 Å². The van der Waals surface area contributed by atoms with Gasteiger partial charge in [-0.25, -0.2) is 0 Å². The van der Waals surface area contributed by atoms with Crippen LogP contribution in [-0.4, -0.2) is 18.5 Å². The number of nitrogens with one attached hydrogen (secondary N) is 1. The van der Waals surface area contributed by atoms with Gasteiger partial charge in [-0.1, -0.05) is 31.2 Å². The van der Waals surface area contributed by atoms with Gasteiger partial charge in [0.15, 0.2) is 5.78 Å². The minimum Gasteiger partial charge on any atom is -0.366 e. The van der Waals surface area contributed by atoms with Gasteiger partial charge in [0.25, 0.3) is 0 Å². The molecule has 1 atom stereocenters. The molecule has 0 saturated carbocycles. The summed E-state index contributed by atoms with van der Waals surface area (Å²) in [6.07, 6.45) is 16.1. The standard InChI is InChI=1S/C16H21NO2/c1-2-15(18)12-19-16-10-8-14(9-11-16)17-13-6-4-3-5-7-13/h3-4,6,8-10,16-17H,2,5,7,11-12H2,1H3. The predicted octanol–water partition coefficient (Wildman–Crippen LogP) is 3.02. The van der Waals surface area contributed by atoms with Crippen molar-refractivity contribution in [3.05, 3.63) is 47.9 Å². The van der Waals surface area contributed by atoms with Crippen molar-refractivity contribution in [2.75, 3.05) is 6.61 Å². The molecule has 2 aliphatic carbocycles. The Balaban J connectivity index is 1.77. The van der Waals surface area contributed by atoms with Gasteiger partial charge in [0.1, 0.15) is 6.61 Å². The molecule has 0 aromatic carbocycles. The van der Waals surface area contributed by atoms with E-state index in [-0.39, 0.29) is 18.5 Å². The van der Waals surface area contributed by atoms with E-state index in [1.165, 1.54) is 5.70 Å². The van der Waals surface area contributed by atoms with E-state index >= 15 is 0 Å². The van der Waals surface area contributed by atoms with Gasteiger partial charge in [0.05, 0.1) is 6.10 Å². The number of rotatable bonds is 6. The van der Waals surface area contributed by atoms with Gasteiger partial charge in [-0.2, -0.15) is 0 Å². The molecular formula is C16H21NO2. The molecule has 1 unspecified atom stereocenters. The Morgan fingerprint density at radius 3 is 3.05 bits per heavy atom. The van der Waals surface area contributed by atoms with Crippen molar-refractivity contribution < 1.29 is 9.53 Å². The normalized spacial score (nSPS) is 21.8. The van der Waals surface area contributed by atoms with Crippen LogP contribution in [0.3, 0.4) is 0 Å². The maximum atomic E-state index is 11.2. The number of ketones is 1. The summed E-state index contributed by atoms with van der Waals surface area (Å²) in [7, 11) is 0. The van der Waals surface area contributed by atoms with Crippen LogP contribution in [0, 0.1) is 0 Å². The average molecular weight is 259 g/mol. The number of carbonyl (C=O) groups is 1. The molecule has 1 N–H and O–H groups in total. The summed E-state index contributed by atoms with van der Waals surface area (Å²) in [6.45, 7) is 2.08. The summed E-state index contributed by atoms with van der Waals surface area (Å²) in [5, 5.41) is 3.42. The van der Waals surface area contributed by atoms with E-state index in [4.69, 9.17) is 4.74 Å². The maximum absolute atomic E-state index is 11.2. The Bertz CT molecular complexity index is 444. The lowest BCUT2D eigenvalue weighted by Crippen LogP contribution is -2.20. The average Bonchev–Trinajstić information content (AvgIpc) is 2.47. The van der Waals surface area contributed by atoms with E-state index in [2.05, 4.69) is 29.6 Å². The first-order valence-electron chi connectivity index (χ1n) is 6.92. The second-order valence-corrected chi connectivity index (χ2v) is 4.78. The quantitative estimate of drug-likeness (QED) is 0.797. The van der Waals surface area contributed by atoms with Crippen LogP contribution in [0.1, 0.15) is 32.6 Å². The SMILES string of the molecule is CCC(=O)COC1C=CC(NC2=CC=CCC2)=CC1.